The summed E-state index contributed by atoms with van der Waals surface area (Å²) in [6.07, 6.45) is 6.60. The van der Waals surface area contributed by atoms with E-state index in [2.05, 4.69) is 11.8 Å². The maximum Gasteiger partial charge on any atom is 0.135 e. The smallest absolute Gasteiger partial charge is 0.135 e. The van der Waals surface area contributed by atoms with Crippen LogP contribution >= 0.6 is 0 Å². The SMILES string of the molecule is NCC#Cc1ccccc1OC1CCCCC1. The molecule has 0 heterocycles. The van der Waals surface area contributed by atoms with Gasteiger partial charge in [-0.3, -0.25) is 0 Å². The summed E-state index contributed by atoms with van der Waals surface area (Å²) in [4.78, 5) is 0. The van der Waals surface area contributed by atoms with Gasteiger partial charge in [0.05, 0.1) is 18.2 Å². The number of hydrogen-bond donors (Lipinski definition) is 1. The Labute approximate surface area is 103 Å². The first-order chi connectivity index (χ1) is 8.40. The summed E-state index contributed by atoms with van der Waals surface area (Å²) in [7, 11) is 0. The summed E-state index contributed by atoms with van der Waals surface area (Å²) in [5, 5.41) is 0. The van der Waals surface area contributed by atoms with Crippen LogP contribution in [0.1, 0.15) is 37.7 Å². The van der Waals surface area contributed by atoms with Crippen molar-refractivity contribution in [3.63, 3.8) is 0 Å². The van der Waals surface area contributed by atoms with Gasteiger partial charge in [-0.1, -0.05) is 30.4 Å². The highest BCUT2D eigenvalue weighted by Crippen LogP contribution is 2.25. The Balaban J connectivity index is 2.08. The van der Waals surface area contributed by atoms with E-state index in [9.17, 15) is 0 Å². The molecule has 1 aliphatic carbocycles. The molecule has 0 bridgehead atoms. The van der Waals surface area contributed by atoms with Crippen LogP contribution in [0, 0.1) is 11.8 Å². The van der Waals surface area contributed by atoms with E-state index in [1.54, 1.807) is 0 Å². The van der Waals surface area contributed by atoms with Crippen molar-refractivity contribution in [3.8, 4) is 17.6 Å². The largest absolute Gasteiger partial charge is 0.489 e. The zero-order chi connectivity index (χ0) is 11.9. The van der Waals surface area contributed by atoms with Crippen molar-refractivity contribution in [2.75, 3.05) is 6.54 Å². The van der Waals surface area contributed by atoms with Gasteiger partial charge in [0.25, 0.3) is 0 Å². The first-order valence-electron chi connectivity index (χ1n) is 6.35. The fraction of sp³-hybridized carbons (Fsp3) is 0.467. The van der Waals surface area contributed by atoms with Crippen molar-refractivity contribution < 1.29 is 4.74 Å². The molecule has 90 valence electrons. The Bertz CT molecular complexity index is 410. The monoisotopic (exact) mass is 229 g/mol. The Morgan fingerprint density at radius 2 is 1.94 bits per heavy atom. The second-order valence-electron chi connectivity index (χ2n) is 4.38. The number of para-hydroxylation sites is 1. The summed E-state index contributed by atoms with van der Waals surface area (Å²) in [6, 6.07) is 7.95. The molecule has 2 N–H and O–H groups in total. The first-order valence-corrected chi connectivity index (χ1v) is 6.35. The lowest BCUT2D eigenvalue weighted by molar-refractivity contribution is 0.154. The van der Waals surface area contributed by atoms with E-state index in [0.717, 1.165) is 11.3 Å². The molecule has 1 aromatic rings. The highest BCUT2D eigenvalue weighted by molar-refractivity contribution is 5.46. The lowest BCUT2D eigenvalue weighted by Gasteiger charge is -2.23. The maximum atomic E-state index is 6.04. The van der Waals surface area contributed by atoms with Gasteiger partial charge in [0, 0.05) is 0 Å². The van der Waals surface area contributed by atoms with Gasteiger partial charge in [0.2, 0.25) is 0 Å². The van der Waals surface area contributed by atoms with Gasteiger partial charge in [-0.15, -0.1) is 0 Å². The van der Waals surface area contributed by atoms with Gasteiger partial charge >= 0.3 is 0 Å². The quantitative estimate of drug-likeness (QED) is 0.791. The van der Waals surface area contributed by atoms with Crippen molar-refractivity contribution in [1.29, 1.82) is 0 Å². The Kier molecular flexibility index (Phi) is 4.46. The Hall–Kier alpha value is -1.46. The third-order valence-electron chi connectivity index (χ3n) is 3.06. The van der Waals surface area contributed by atoms with E-state index < -0.39 is 0 Å². The molecule has 0 unspecified atom stereocenters. The summed E-state index contributed by atoms with van der Waals surface area (Å²) in [5.41, 5.74) is 6.34. The zero-order valence-electron chi connectivity index (χ0n) is 10.1. The lowest BCUT2D eigenvalue weighted by atomic mass is 9.98. The van der Waals surface area contributed by atoms with Gasteiger partial charge in [-0.25, -0.2) is 0 Å². The second kappa shape index (κ2) is 6.32. The summed E-state index contributed by atoms with van der Waals surface area (Å²) in [5.74, 6) is 6.85. The van der Waals surface area contributed by atoms with Crippen molar-refractivity contribution in [3.05, 3.63) is 29.8 Å². The average Bonchev–Trinajstić information content (AvgIpc) is 2.39. The molecule has 1 saturated carbocycles. The molecular formula is C15H19NO. The Morgan fingerprint density at radius 3 is 2.71 bits per heavy atom. The van der Waals surface area contributed by atoms with E-state index in [1.807, 2.05) is 24.3 Å². The van der Waals surface area contributed by atoms with Crippen LogP contribution in [0.3, 0.4) is 0 Å². The molecule has 17 heavy (non-hydrogen) atoms. The molecule has 0 radical (unpaired) electrons. The molecule has 1 fully saturated rings. The van der Waals surface area contributed by atoms with Gasteiger partial charge in [-0.2, -0.15) is 0 Å². The van der Waals surface area contributed by atoms with Crippen LogP contribution in [0.4, 0.5) is 0 Å². The van der Waals surface area contributed by atoms with Crippen LogP contribution in [-0.2, 0) is 0 Å². The highest BCUT2D eigenvalue weighted by Gasteiger charge is 2.15. The van der Waals surface area contributed by atoms with Gasteiger partial charge < -0.3 is 10.5 Å². The molecule has 1 aromatic carbocycles. The van der Waals surface area contributed by atoms with Crippen LogP contribution in [0.15, 0.2) is 24.3 Å². The van der Waals surface area contributed by atoms with Crippen LogP contribution in [-0.4, -0.2) is 12.6 Å². The van der Waals surface area contributed by atoms with Crippen molar-refractivity contribution >= 4 is 0 Å². The van der Waals surface area contributed by atoms with Gasteiger partial charge in [0.15, 0.2) is 0 Å². The fourth-order valence-corrected chi connectivity index (χ4v) is 2.18. The van der Waals surface area contributed by atoms with E-state index in [1.165, 1.54) is 32.1 Å². The summed E-state index contributed by atoms with van der Waals surface area (Å²) < 4.78 is 6.04. The number of nitrogens with two attached hydrogens (primary N) is 1. The molecule has 0 aliphatic heterocycles. The maximum absolute atomic E-state index is 6.04. The number of rotatable bonds is 2. The zero-order valence-corrected chi connectivity index (χ0v) is 10.1. The predicted octanol–water partition coefficient (Wildman–Crippen LogP) is 2.71. The van der Waals surface area contributed by atoms with E-state index in [4.69, 9.17) is 10.5 Å². The second-order valence-corrected chi connectivity index (χ2v) is 4.38. The minimum Gasteiger partial charge on any atom is -0.489 e. The molecular weight excluding hydrogens is 210 g/mol. The average molecular weight is 229 g/mol. The highest BCUT2D eigenvalue weighted by atomic mass is 16.5. The van der Waals surface area contributed by atoms with Crippen LogP contribution in [0.5, 0.6) is 5.75 Å². The minimum absolute atomic E-state index is 0.365. The third kappa shape index (κ3) is 3.51. The molecule has 2 heteroatoms. The fourth-order valence-electron chi connectivity index (χ4n) is 2.18. The molecule has 0 saturated heterocycles. The predicted molar refractivity (Wildman–Crippen MR) is 69.9 cm³/mol. The lowest BCUT2D eigenvalue weighted by Crippen LogP contribution is -2.20. The first kappa shape index (κ1) is 12.0. The number of benzene rings is 1. The summed E-state index contributed by atoms with van der Waals surface area (Å²) >= 11 is 0. The molecule has 0 atom stereocenters. The molecule has 1 aliphatic rings. The normalized spacial score (nSPS) is 16.1. The van der Waals surface area contributed by atoms with E-state index in [0.29, 0.717) is 12.6 Å². The van der Waals surface area contributed by atoms with E-state index >= 15 is 0 Å². The van der Waals surface area contributed by atoms with Crippen LogP contribution in [0.2, 0.25) is 0 Å². The topological polar surface area (TPSA) is 35.2 Å². The van der Waals surface area contributed by atoms with Gasteiger partial charge in [-0.05, 0) is 37.8 Å². The minimum atomic E-state index is 0.365. The van der Waals surface area contributed by atoms with Crippen LogP contribution in [0.25, 0.3) is 0 Å². The number of hydrogen-bond acceptors (Lipinski definition) is 2. The Morgan fingerprint density at radius 1 is 1.18 bits per heavy atom. The van der Waals surface area contributed by atoms with Crippen molar-refractivity contribution in [1.82, 2.24) is 0 Å². The third-order valence-corrected chi connectivity index (χ3v) is 3.06. The van der Waals surface area contributed by atoms with Crippen molar-refractivity contribution in [2.45, 2.75) is 38.2 Å². The molecule has 2 rings (SSSR count). The summed E-state index contributed by atoms with van der Waals surface area (Å²) in [6.45, 7) is 0.387. The van der Waals surface area contributed by atoms with Gasteiger partial charge in [0.1, 0.15) is 5.75 Å². The number of ether oxygens (including phenoxy) is 1. The molecule has 0 spiro atoms. The van der Waals surface area contributed by atoms with E-state index in [-0.39, 0.29) is 0 Å². The van der Waals surface area contributed by atoms with Crippen LogP contribution < -0.4 is 10.5 Å². The molecule has 2 nitrogen and oxygen atoms in total. The molecule has 0 aromatic heterocycles. The van der Waals surface area contributed by atoms with Crippen molar-refractivity contribution in [2.24, 2.45) is 5.73 Å². The standard InChI is InChI=1S/C15H19NO/c16-12-6-8-13-7-4-5-11-15(13)17-14-9-2-1-3-10-14/h4-5,7,11,14H,1-3,9-10,12,16H2. The molecule has 0 amide bonds.